The van der Waals surface area contributed by atoms with E-state index < -0.39 is 0 Å². The van der Waals surface area contributed by atoms with Crippen LogP contribution in [-0.2, 0) is 6.42 Å². The summed E-state index contributed by atoms with van der Waals surface area (Å²) >= 11 is 0. The van der Waals surface area contributed by atoms with Gasteiger partial charge in [-0.05, 0) is 45.5 Å². The highest BCUT2D eigenvalue weighted by Crippen LogP contribution is 2.07. The maximum absolute atomic E-state index is 5.50. The van der Waals surface area contributed by atoms with E-state index in [4.69, 9.17) is 5.73 Å². The van der Waals surface area contributed by atoms with Crippen LogP contribution in [0.5, 0.6) is 0 Å². The van der Waals surface area contributed by atoms with Gasteiger partial charge in [-0.2, -0.15) is 0 Å². The van der Waals surface area contributed by atoms with Gasteiger partial charge in [-0.3, -0.25) is 0 Å². The zero-order valence-electron chi connectivity index (χ0n) is 9.82. The van der Waals surface area contributed by atoms with E-state index in [9.17, 15) is 0 Å². The van der Waals surface area contributed by atoms with Crippen molar-refractivity contribution in [2.75, 3.05) is 20.1 Å². The van der Waals surface area contributed by atoms with Crippen LogP contribution in [0.4, 0.5) is 0 Å². The lowest BCUT2D eigenvalue weighted by Gasteiger charge is -2.24. The Hall–Kier alpha value is -0.860. The fourth-order valence-corrected chi connectivity index (χ4v) is 1.67. The fourth-order valence-electron chi connectivity index (χ4n) is 1.67. The monoisotopic (exact) mass is 206 g/mol. The Morgan fingerprint density at radius 1 is 1.27 bits per heavy atom. The zero-order chi connectivity index (χ0) is 11.1. The maximum atomic E-state index is 5.50. The van der Waals surface area contributed by atoms with E-state index in [0.29, 0.717) is 6.04 Å². The first-order chi connectivity index (χ1) is 7.24. The van der Waals surface area contributed by atoms with Crippen molar-refractivity contribution in [3.05, 3.63) is 35.9 Å². The highest BCUT2D eigenvalue weighted by molar-refractivity contribution is 5.15. The molecule has 1 aromatic rings. The van der Waals surface area contributed by atoms with E-state index in [1.54, 1.807) is 0 Å². The van der Waals surface area contributed by atoms with Crippen molar-refractivity contribution in [3.63, 3.8) is 0 Å². The molecule has 0 aliphatic rings. The number of hydrogen-bond acceptors (Lipinski definition) is 2. The van der Waals surface area contributed by atoms with E-state index in [1.807, 2.05) is 0 Å². The molecule has 0 aromatic heterocycles. The molecule has 0 spiro atoms. The minimum Gasteiger partial charge on any atom is -0.330 e. The summed E-state index contributed by atoms with van der Waals surface area (Å²) < 4.78 is 0. The number of likely N-dealkylation sites (N-methyl/N-ethyl adjacent to an activating group) is 1. The second kappa shape index (κ2) is 6.59. The van der Waals surface area contributed by atoms with Crippen LogP contribution in [0.25, 0.3) is 0 Å². The molecule has 1 atom stereocenters. The summed E-state index contributed by atoms with van der Waals surface area (Å²) in [6.07, 6.45) is 2.19. The van der Waals surface area contributed by atoms with Crippen molar-refractivity contribution in [2.45, 2.75) is 25.8 Å². The van der Waals surface area contributed by atoms with Gasteiger partial charge in [0.05, 0.1) is 0 Å². The lowest BCUT2D eigenvalue weighted by atomic mass is 10.1. The first kappa shape index (κ1) is 12.2. The molecule has 0 saturated carbocycles. The van der Waals surface area contributed by atoms with Crippen LogP contribution in [0, 0.1) is 0 Å². The highest BCUT2D eigenvalue weighted by atomic mass is 15.1. The Labute approximate surface area is 93.1 Å². The fraction of sp³-hybridized carbons (Fsp3) is 0.538. The number of nitrogens with zero attached hydrogens (tertiary/aromatic N) is 1. The third-order valence-electron chi connectivity index (χ3n) is 2.84. The molecule has 1 aromatic carbocycles. The molecule has 0 saturated heterocycles. The van der Waals surface area contributed by atoms with Gasteiger partial charge in [0.15, 0.2) is 0 Å². The minimum absolute atomic E-state index is 0.582. The molecular weight excluding hydrogens is 184 g/mol. The van der Waals surface area contributed by atoms with Gasteiger partial charge in [0.2, 0.25) is 0 Å². The molecular formula is C13H22N2. The molecule has 1 rings (SSSR count). The molecule has 2 N–H and O–H groups in total. The second-order valence-corrected chi connectivity index (χ2v) is 4.16. The third kappa shape index (κ3) is 4.45. The topological polar surface area (TPSA) is 29.3 Å². The summed E-state index contributed by atoms with van der Waals surface area (Å²) in [7, 11) is 2.17. The quantitative estimate of drug-likeness (QED) is 0.770. The number of hydrogen-bond donors (Lipinski definition) is 1. The maximum Gasteiger partial charge on any atom is 0.0104 e. The molecule has 0 aliphatic carbocycles. The Morgan fingerprint density at radius 3 is 2.53 bits per heavy atom. The Bertz CT molecular complexity index is 258. The van der Waals surface area contributed by atoms with Gasteiger partial charge in [0, 0.05) is 6.04 Å². The number of benzene rings is 1. The molecule has 0 heterocycles. The van der Waals surface area contributed by atoms with E-state index in [-0.39, 0.29) is 0 Å². The van der Waals surface area contributed by atoms with Gasteiger partial charge in [-0.15, -0.1) is 0 Å². The van der Waals surface area contributed by atoms with Gasteiger partial charge >= 0.3 is 0 Å². The molecule has 0 aliphatic heterocycles. The van der Waals surface area contributed by atoms with Crippen molar-refractivity contribution in [1.29, 1.82) is 0 Å². The Balaban J connectivity index is 2.38. The number of rotatable bonds is 6. The van der Waals surface area contributed by atoms with Gasteiger partial charge in [0.25, 0.3) is 0 Å². The van der Waals surface area contributed by atoms with Crippen LogP contribution in [0.3, 0.4) is 0 Å². The smallest absolute Gasteiger partial charge is 0.0104 e. The summed E-state index contributed by atoms with van der Waals surface area (Å²) in [4.78, 5) is 2.37. The lowest BCUT2D eigenvalue weighted by molar-refractivity contribution is 0.255. The van der Waals surface area contributed by atoms with E-state index >= 15 is 0 Å². The van der Waals surface area contributed by atoms with Gasteiger partial charge < -0.3 is 10.6 Å². The molecule has 84 valence electrons. The van der Waals surface area contributed by atoms with Crippen LogP contribution < -0.4 is 5.73 Å². The molecule has 1 unspecified atom stereocenters. The largest absolute Gasteiger partial charge is 0.330 e. The Kier molecular flexibility index (Phi) is 5.37. The lowest BCUT2D eigenvalue weighted by Crippen LogP contribution is -2.32. The summed E-state index contributed by atoms with van der Waals surface area (Å²) in [5, 5.41) is 0. The molecule has 15 heavy (non-hydrogen) atoms. The van der Waals surface area contributed by atoms with Crippen LogP contribution in [0.1, 0.15) is 18.9 Å². The van der Waals surface area contributed by atoms with Crippen molar-refractivity contribution in [3.8, 4) is 0 Å². The molecule has 0 bridgehead atoms. The average molecular weight is 206 g/mol. The van der Waals surface area contributed by atoms with E-state index in [0.717, 1.165) is 25.9 Å². The second-order valence-electron chi connectivity index (χ2n) is 4.16. The zero-order valence-corrected chi connectivity index (χ0v) is 9.82. The van der Waals surface area contributed by atoms with Crippen molar-refractivity contribution >= 4 is 0 Å². The molecule has 2 nitrogen and oxygen atoms in total. The van der Waals surface area contributed by atoms with Gasteiger partial charge in [-0.25, -0.2) is 0 Å². The van der Waals surface area contributed by atoms with E-state index in [2.05, 4.69) is 49.2 Å². The predicted molar refractivity (Wildman–Crippen MR) is 65.9 cm³/mol. The van der Waals surface area contributed by atoms with Gasteiger partial charge in [0.1, 0.15) is 0 Å². The van der Waals surface area contributed by atoms with Crippen molar-refractivity contribution in [1.82, 2.24) is 4.90 Å². The first-order valence-electron chi connectivity index (χ1n) is 5.68. The third-order valence-corrected chi connectivity index (χ3v) is 2.84. The first-order valence-corrected chi connectivity index (χ1v) is 5.68. The SMILES string of the molecule is CC(Cc1ccccc1)N(C)CCCN. The molecule has 0 fully saturated rings. The van der Waals surface area contributed by atoms with Gasteiger partial charge in [-0.1, -0.05) is 30.3 Å². The summed E-state index contributed by atoms with van der Waals surface area (Å²) in [5.74, 6) is 0. The average Bonchev–Trinajstić information content (AvgIpc) is 2.27. The predicted octanol–water partition coefficient (Wildman–Crippen LogP) is 1.90. The summed E-state index contributed by atoms with van der Waals surface area (Å²) in [6, 6.07) is 11.2. The number of nitrogens with two attached hydrogens (primary N) is 1. The Morgan fingerprint density at radius 2 is 1.93 bits per heavy atom. The van der Waals surface area contributed by atoms with Crippen molar-refractivity contribution in [2.24, 2.45) is 5.73 Å². The summed E-state index contributed by atoms with van der Waals surface area (Å²) in [5.41, 5.74) is 6.91. The summed E-state index contributed by atoms with van der Waals surface area (Å²) in [6.45, 7) is 4.14. The van der Waals surface area contributed by atoms with Crippen LogP contribution in [0.2, 0.25) is 0 Å². The van der Waals surface area contributed by atoms with E-state index in [1.165, 1.54) is 5.56 Å². The van der Waals surface area contributed by atoms with Crippen LogP contribution >= 0.6 is 0 Å². The van der Waals surface area contributed by atoms with Crippen molar-refractivity contribution < 1.29 is 0 Å². The van der Waals surface area contributed by atoms with Crippen LogP contribution in [0.15, 0.2) is 30.3 Å². The normalized spacial score (nSPS) is 13.1. The molecule has 0 radical (unpaired) electrons. The molecule has 2 heteroatoms. The van der Waals surface area contributed by atoms with Crippen LogP contribution in [-0.4, -0.2) is 31.1 Å². The standard InChI is InChI=1S/C13H22N2/c1-12(15(2)10-6-9-14)11-13-7-4-3-5-8-13/h3-5,7-8,12H,6,9-11,14H2,1-2H3. The molecule has 0 amide bonds. The minimum atomic E-state index is 0.582. The highest BCUT2D eigenvalue weighted by Gasteiger charge is 2.08.